The summed E-state index contributed by atoms with van der Waals surface area (Å²) in [6, 6.07) is 47.3. The van der Waals surface area contributed by atoms with Crippen LogP contribution in [0.3, 0.4) is 0 Å². The number of amides is 2. The maximum absolute atomic E-state index is 16.1. The average molecular weight is 677 g/mol. The highest BCUT2D eigenvalue weighted by atomic mass is 35.5. The first-order valence-electron chi connectivity index (χ1n) is 16.2. The number of benzene rings is 6. The van der Waals surface area contributed by atoms with Crippen molar-refractivity contribution in [3.63, 3.8) is 0 Å². The number of allylic oxidation sites excluding steroid dienone is 2. The maximum Gasteiger partial charge on any atom is 0.239 e. The molecule has 2 bridgehead atoms. The van der Waals surface area contributed by atoms with Crippen molar-refractivity contribution in [2.24, 2.45) is 11.8 Å². The third-order valence-corrected chi connectivity index (χ3v) is 11.2. The van der Waals surface area contributed by atoms with Crippen LogP contribution in [0.15, 0.2) is 152 Å². The SMILES string of the molecule is O=C1[C@@H]2[C@H](C(=O)N1c1cccc3ccccc13)[C@]1(c3ccc(Cl)cc3)C(=O)[C@@]2(c2ccc(Cl)cc2)C(c2ccccc2)=C1c1ccccc1. The van der Waals surface area contributed by atoms with E-state index in [4.69, 9.17) is 23.2 Å². The first kappa shape index (κ1) is 29.8. The Morgan fingerprint density at radius 2 is 0.898 bits per heavy atom. The van der Waals surface area contributed by atoms with E-state index in [0.717, 1.165) is 33.0 Å². The zero-order chi connectivity index (χ0) is 33.5. The fourth-order valence-electron chi connectivity index (χ4n) is 9.00. The largest absolute Gasteiger partial charge is 0.297 e. The Hall–Kier alpha value is -5.29. The van der Waals surface area contributed by atoms with Gasteiger partial charge in [-0.1, -0.05) is 145 Å². The van der Waals surface area contributed by atoms with Gasteiger partial charge in [-0.15, -0.1) is 0 Å². The van der Waals surface area contributed by atoms with Crippen molar-refractivity contribution in [2.45, 2.75) is 10.8 Å². The minimum Gasteiger partial charge on any atom is -0.297 e. The van der Waals surface area contributed by atoms with Crippen LogP contribution in [0.5, 0.6) is 0 Å². The van der Waals surface area contributed by atoms with E-state index in [2.05, 4.69) is 0 Å². The van der Waals surface area contributed by atoms with Gasteiger partial charge in [-0.05, 0) is 69.1 Å². The molecule has 0 radical (unpaired) electrons. The van der Waals surface area contributed by atoms with E-state index in [1.165, 1.54) is 4.90 Å². The molecule has 2 amide bonds. The van der Waals surface area contributed by atoms with Crippen LogP contribution >= 0.6 is 23.2 Å². The summed E-state index contributed by atoms with van der Waals surface area (Å²) in [6.07, 6.45) is 0. The summed E-state index contributed by atoms with van der Waals surface area (Å²) in [5, 5.41) is 2.70. The lowest BCUT2D eigenvalue weighted by molar-refractivity contribution is -0.130. The van der Waals surface area contributed by atoms with E-state index in [-0.39, 0.29) is 5.78 Å². The lowest BCUT2D eigenvalue weighted by Crippen LogP contribution is -2.45. The highest BCUT2D eigenvalue weighted by Crippen LogP contribution is 2.74. The second-order valence-electron chi connectivity index (χ2n) is 12.9. The number of Topliss-reactive ketones (excluding diaryl/α,β-unsaturated/α-hetero) is 1. The molecule has 0 aromatic heterocycles. The summed E-state index contributed by atoms with van der Waals surface area (Å²) in [4.78, 5) is 48.1. The molecule has 2 aliphatic carbocycles. The third kappa shape index (κ3) is 3.84. The van der Waals surface area contributed by atoms with Gasteiger partial charge in [0.15, 0.2) is 5.78 Å². The fraction of sp³-hybridized carbons (Fsp3) is 0.0930. The van der Waals surface area contributed by atoms with Crippen molar-refractivity contribution in [3.05, 3.63) is 184 Å². The van der Waals surface area contributed by atoms with E-state index in [1.54, 1.807) is 24.3 Å². The van der Waals surface area contributed by atoms with Crippen molar-refractivity contribution in [3.8, 4) is 0 Å². The highest BCUT2D eigenvalue weighted by Gasteiger charge is 2.82. The minimum atomic E-state index is -1.52. The van der Waals surface area contributed by atoms with Gasteiger partial charge in [0.1, 0.15) is 0 Å². The molecule has 0 N–H and O–H groups in total. The molecule has 4 nitrogen and oxygen atoms in total. The summed E-state index contributed by atoms with van der Waals surface area (Å²) >= 11 is 12.9. The normalized spacial score (nSPS) is 24.3. The van der Waals surface area contributed by atoms with Crippen LogP contribution in [-0.2, 0) is 25.2 Å². The number of hydrogen-bond acceptors (Lipinski definition) is 3. The molecule has 3 aliphatic rings. The molecule has 1 aliphatic heterocycles. The lowest BCUT2D eigenvalue weighted by atomic mass is 9.59. The van der Waals surface area contributed by atoms with Gasteiger partial charge in [0.05, 0.1) is 28.4 Å². The van der Waals surface area contributed by atoms with Crippen LogP contribution in [0.4, 0.5) is 5.69 Å². The number of rotatable bonds is 5. The van der Waals surface area contributed by atoms with Gasteiger partial charge in [-0.3, -0.25) is 14.4 Å². The number of fused-ring (bicyclic) bond motifs is 6. The second-order valence-corrected chi connectivity index (χ2v) is 13.8. The Morgan fingerprint density at radius 3 is 1.39 bits per heavy atom. The first-order chi connectivity index (χ1) is 23.9. The molecule has 236 valence electrons. The molecule has 6 aromatic carbocycles. The van der Waals surface area contributed by atoms with Crippen LogP contribution < -0.4 is 4.90 Å². The number of nitrogens with zero attached hydrogens (tertiary/aromatic N) is 1. The summed E-state index contributed by atoms with van der Waals surface area (Å²) in [6.45, 7) is 0. The van der Waals surface area contributed by atoms with Gasteiger partial charge < -0.3 is 0 Å². The lowest BCUT2D eigenvalue weighted by Gasteiger charge is -2.39. The maximum atomic E-state index is 16.1. The zero-order valence-electron chi connectivity index (χ0n) is 26.0. The van der Waals surface area contributed by atoms with Crippen molar-refractivity contribution >= 4 is 68.4 Å². The minimum absolute atomic E-state index is 0.198. The van der Waals surface area contributed by atoms with E-state index in [0.29, 0.717) is 26.9 Å². The molecule has 2 fully saturated rings. The van der Waals surface area contributed by atoms with Crippen LogP contribution in [-0.4, -0.2) is 17.6 Å². The Kier molecular flexibility index (Phi) is 6.61. The van der Waals surface area contributed by atoms with E-state index in [9.17, 15) is 0 Å². The Labute approximate surface area is 293 Å². The predicted molar refractivity (Wildman–Crippen MR) is 194 cm³/mol. The molecule has 4 atom stereocenters. The zero-order valence-corrected chi connectivity index (χ0v) is 27.5. The Morgan fingerprint density at radius 1 is 0.469 bits per heavy atom. The third-order valence-electron chi connectivity index (χ3n) is 10.7. The summed E-state index contributed by atoms with van der Waals surface area (Å²) in [5.41, 5.74) is 1.78. The number of halogens is 2. The molecule has 1 saturated carbocycles. The first-order valence-corrected chi connectivity index (χ1v) is 16.9. The van der Waals surface area contributed by atoms with Gasteiger partial charge in [0.2, 0.25) is 11.8 Å². The second kappa shape index (κ2) is 10.9. The molecular weight excluding hydrogens is 649 g/mol. The van der Waals surface area contributed by atoms with Crippen molar-refractivity contribution in [1.82, 2.24) is 0 Å². The Bertz CT molecular complexity index is 2240. The summed E-state index contributed by atoms with van der Waals surface area (Å²) < 4.78 is 0. The van der Waals surface area contributed by atoms with E-state index >= 15 is 14.4 Å². The van der Waals surface area contributed by atoms with Crippen LogP contribution in [0, 0.1) is 11.8 Å². The number of anilines is 1. The van der Waals surface area contributed by atoms with Crippen molar-refractivity contribution in [2.75, 3.05) is 4.90 Å². The van der Waals surface area contributed by atoms with Gasteiger partial charge >= 0.3 is 0 Å². The molecule has 49 heavy (non-hydrogen) atoms. The number of carbonyl (C=O) groups is 3. The smallest absolute Gasteiger partial charge is 0.239 e. The molecule has 0 unspecified atom stereocenters. The Balaban J connectivity index is 1.45. The van der Waals surface area contributed by atoms with Gasteiger partial charge in [0, 0.05) is 15.4 Å². The number of carbonyl (C=O) groups excluding carboxylic acids is 3. The number of imide groups is 1. The molecule has 1 saturated heterocycles. The van der Waals surface area contributed by atoms with Gasteiger partial charge in [-0.25, -0.2) is 4.90 Å². The average Bonchev–Trinajstić information content (AvgIpc) is 3.64. The quantitative estimate of drug-likeness (QED) is 0.171. The molecule has 1 heterocycles. The highest BCUT2D eigenvalue weighted by molar-refractivity contribution is 6.40. The van der Waals surface area contributed by atoms with E-state index in [1.807, 2.05) is 127 Å². The topological polar surface area (TPSA) is 54.5 Å². The molecule has 9 rings (SSSR count). The molecule has 6 aromatic rings. The standard InChI is InChI=1S/C43H27Cl2NO3/c44-31-22-18-29(19-23-31)42-35(27-11-3-1-4-12-27)36(28-13-5-2-6-14-28)43(41(42)49,30-20-24-32(45)25-21-30)38-37(42)39(47)46(40(38)48)34-17-9-15-26-10-7-8-16-33(26)34/h1-25,37-38H/t37-,38+,42-,43+. The van der Waals surface area contributed by atoms with Gasteiger partial charge in [-0.2, -0.15) is 0 Å². The number of ketones is 1. The molecular formula is C43H27Cl2NO3. The van der Waals surface area contributed by atoms with Crippen LogP contribution in [0.1, 0.15) is 22.3 Å². The molecule has 0 spiro atoms. The van der Waals surface area contributed by atoms with Crippen LogP contribution in [0.25, 0.3) is 21.9 Å². The monoisotopic (exact) mass is 675 g/mol. The predicted octanol–water partition coefficient (Wildman–Crippen LogP) is 9.34. The summed E-state index contributed by atoms with van der Waals surface area (Å²) in [5.74, 6) is -3.06. The van der Waals surface area contributed by atoms with Crippen molar-refractivity contribution in [1.29, 1.82) is 0 Å². The van der Waals surface area contributed by atoms with Gasteiger partial charge in [0.25, 0.3) is 0 Å². The fourth-order valence-corrected chi connectivity index (χ4v) is 9.25. The summed E-state index contributed by atoms with van der Waals surface area (Å²) in [7, 11) is 0. The van der Waals surface area contributed by atoms with E-state index < -0.39 is 34.5 Å². The number of hydrogen-bond donors (Lipinski definition) is 0. The molecule has 6 heteroatoms. The van der Waals surface area contributed by atoms with Crippen molar-refractivity contribution < 1.29 is 14.4 Å². The van der Waals surface area contributed by atoms with Crippen LogP contribution in [0.2, 0.25) is 10.0 Å².